The molecular weight excluding hydrogens is 236 g/mol. The number of ether oxygens (including phenoxy) is 2. The van der Waals surface area contributed by atoms with E-state index in [1.807, 2.05) is 18.2 Å². The Kier molecular flexibility index (Phi) is 4.45. The third-order valence-electron chi connectivity index (χ3n) is 3.46. The van der Waals surface area contributed by atoms with Gasteiger partial charge in [-0.25, -0.2) is 0 Å². The van der Waals surface area contributed by atoms with Crippen molar-refractivity contribution in [3.05, 3.63) is 59.2 Å². The van der Waals surface area contributed by atoms with Crippen molar-refractivity contribution in [2.75, 3.05) is 14.2 Å². The van der Waals surface area contributed by atoms with Crippen LogP contribution in [0.25, 0.3) is 0 Å². The van der Waals surface area contributed by atoms with Gasteiger partial charge in [-0.1, -0.05) is 24.3 Å². The zero-order valence-corrected chi connectivity index (χ0v) is 11.8. The van der Waals surface area contributed by atoms with Gasteiger partial charge in [0.2, 0.25) is 0 Å². The van der Waals surface area contributed by atoms with Gasteiger partial charge in [0.15, 0.2) is 0 Å². The fourth-order valence-electron chi connectivity index (χ4n) is 2.22. The van der Waals surface area contributed by atoms with Crippen molar-refractivity contribution in [3.63, 3.8) is 0 Å². The van der Waals surface area contributed by atoms with Crippen molar-refractivity contribution in [1.82, 2.24) is 0 Å². The molecule has 0 aliphatic rings. The van der Waals surface area contributed by atoms with Crippen molar-refractivity contribution in [3.8, 4) is 11.5 Å². The second-order valence-electron chi connectivity index (χ2n) is 4.59. The molecule has 19 heavy (non-hydrogen) atoms. The summed E-state index contributed by atoms with van der Waals surface area (Å²) in [5, 5.41) is 0. The van der Waals surface area contributed by atoms with E-state index >= 15 is 0 Å². The highest BCUT2D eigenvalue weighted by atomic mass is 16.5. The number of rotatable bonds is 5. The molecule has 0 atom stereocenters. The van der Waals surface area contributed by atoms with Gasteiger partial charge in [0.1, 0.15) is 11.5 Å². The summed E-state index contributed by atoms with van der Waals surface area (Å²) in [6.45, 7) is 2.11. The van der Waals surface area contributed by atoms with E-state index in [2.05, 4.69) is 31.2 Å². The lowest BCUT2D eigenvalue weighted by Gasteiger charge is -2.10. The van der Waals surface area contributed by atoms with Gasteiger partial charge in [0.25, 0.3) is 0 Å². The zero-order chi connectivity index (χ0) is 13.7. The lowest BCUT2D eigenvalue weighted by molar-refractivity contribution is 0.411. The van der Waals surface area contributed by atoms with Crippen molar-refractivity contribution in [1.29, 1.82) is 0 Å². The Morgan fingerprint density at radius 1 is 0.842 bits per heavy atom. The minimum atomic E-state index is 0.904. The van der Waals surface area contributed by atoms with Crippen LogP contribution in [-0.2, 0) is 12.8 Å². The Hall–Kier alpha value is -1.96. The Bertz CT molecular complexity index is 529. The second kappa shape index (κ2) is 6.28. The monoisotopic (exact) mass is 256 g/mol. The molecule has 0 unspecified atom stereocenters. The molecular formula is C17H20O2. The molecule has 0 aliphatic carbocycles. The smallest absolute Gasteiger partial charge is 0.122 e. The van der Waals surface area contributed by atoms with Crippen LogP contribution in [-0.4, -0.2) is 14.2 Å². The van der Waals surface area contributed by atoms with Crippen molar-refractivity contribution >= 4 is 0 Å². The van der Waals surface area contributed by atoms with E-state index in [9.17, 15) is 0 Å². The van der Waals surface area contributed by atoms with Crippen LogP contribution in [0.4, 0.5) is 0 Å². The summed E-state index contributed by atoms with van der Waals surface area (Å²) in [6, 6.07) is 14.5. The Morgan fingerprint density at radius 3 is 2.21 bits per heavy atom. The highest BCUT2D eigenvalue weighted by Crippen LogP contribution is 2.22. The van der Waals surface area contributed by atoms with Crippen LogP contribution in [0.15, 0.2) is 42.5 Å². The molecule has 2 aromatic rings. The molecule has 0 bridgehead atoms. The first-order chi connectivity index (χ1) is 9.24. The number of hydrogen-bond donors (Lipinski definition) is 0. The van der Waals surface area contributed by atoms with E-state index in [-0.39, 0.29) is 0 Å². The van der Waals surface area contributed by atoms with Gasteiger partial charge in [-0.3, -0.25) is 0 Å². The molecule has 0 saturated heterocycles. The quantitative estimate of drug-likeness (QED) is 0.810. The first-order valence-corrected chi connectivity index (χ1v) is 6.50. The maximum absolute atomic E-state index is 5.35. The first-order valence-electron chi connectivity index (χ1n) is 6.50. The van der Waals surface area contributed by atoms with Crippen molar-refractivity contribution in [2.45, 2.75) is 19.8 Å². The van der Waals surface area contributed by atoms with Crippen molar-refractivity contribution < 1.29 is 9.47 Å². The number of hydrogen-bond acceptors (Lipinski definition) is 2. The maximum atomic E-state index is 5.35. The first kappa shape index (κ1) is 13.5. The molecule has 2 rings (SSSR count). The van der Waals surface area contributed by atoms with Gasteiger partial charge in [0, 0.05) is 0 Å². The van der Waals surface area contributed by atoms with E-state index in [1.54, 1.807) is 14.2 Å². The molecule has 0 spiro atoms. The molecule has 0 amide bonds. The lowest BCUT2D eigenvalue weighted by atomic mass is 10.00. The van der Waals surface area contributed by atoms with Crippen LogP contribution in [0.5, 0.6) is 11.5 Å². The van der Waals surface area contributed by atoms with E-state index in [0.717, 1.165) is 24.3 Å². The Labute approximate surface area is 115 Å². The highest BCUT2D eigenvalue weighted by Gasteiger charge is 2.04. The average Bonchev–Trinajstić information content (AvgIpc) is 2.47. The Balaban J connectivity index is 2.05. The summed E-state index contributed by atoms with van der Waals surface area (Å²) in [6.07, 6.45) is 2.05. The summed E-state index contributed by atoms with van der Waals surface area (Å²) < 4.78 is 10.5. The van der Waals surface area contributed by atoms with Crippen LogP contribution in [0.3, 0.4) is 0 Å². The van der Waals surface area contributed by atoms with E-state index in [4.69, 9.17) is 9.47 Å². The fraction of sp³-hybridized carbons (Fsp3) is 0.294. The predicted molar refractivity (Wildman–Crippen MR) is 78.1 cm³/mol. The SMILES string of the molecule is COc1ccc(CCc2cccc(OC)c2C)cc1. The van der Waals surface area contributed by atoms with Crippen LogP contribution >= 0.6 is 0 Å². The molecule has 2 nitrogen and oxygen atoms in total. The second-order valence-corrected chi connectivity index (χ2v) is 4.59. The van der Waals surface area contributed by atoms with Crippen LogP contribution in [0.1, 0.15) is 16.7 Å². The van der Waals surface area contributed by atoms with Crippen molar-refractivity contribution in [2.24, 2.45) is 0 Å². The molecule has 2 heteroatoms. The van der Waals surface area contributed by atoms with Gasteiger partial charge < -0.3 is 9.47 Å². The summed E-state index contributed by atoms with van der Waals surface area (Å²) in [4.78, 5) is 0. The summed E-state index contributed by atoms with van der Waals surface area (Å²) in [7, 11) is 3.41. The molecule has 0 radical (unpaired) electrons. The van der Waals surface area contributed by atoms with Gasteiger partial charge in [-0.2, -0.15) is 0 Å². The Morgan fingerprint density at radius 2 is 1.58 bits per heavy atom. The molecule has 0 aromatic heterocycles. The number of aryl methyl sites for hydroxylation is 2. The van der Waals surface area contributed by atoms with Crippen LogP contribution < -0.4 is 9.47 Å². The standard InChI is InChI=1S/C17H20O2/c1-13-15(5-4-6-17(13)19-3)10-7-14-8-11-16(18-2)12-9-14/h4-6,8-9,11-12H,7,10H2,1-3H3. The molecule has 0 fully saturated rings. The van der Waals surface area contributed by atoms with Crippen LogP contribution in [0, 0.1) is 6.92 Å². The number of methoxy groups -OCH3 is 2. The van der Waals surface area contributed by atoms with E-state index in [1.165, 1.54) is 16.7 Å². The summed E-state index contributed by atoms with van der Waals surface area (Å²) in [5.74, 6) is 1.87. The number of benzene rings is 2. The molecule has 0 aliphatic heterocycles. The summed E-state index contributed by atoms with van der Waals surface area (Å²) >= 11 is 0. The minimum absolute atomic E-state index is 0.904. The molecule has 0 heterocycles. The minimum Gasteiger partial charge on any atom is -0.497 e. The van der Waals surface area contributed by atoms with E-state index < -0.39 is 0 Å². The topological polar surface area (TPSA) is 18.5 Å². The van der Waals surface area contributed by atoms with Crippen LogP contribution in [0.2, 0.25) is 0 Å². The normalized spacial score (nSPS) is 10.3. The molecule has 0 N–H and O–H groups in total. The largest absolute Gasteiger partial charge is 0.497 e. The van der Waals surface area contributed by atoms with Gasteiger partial charge in [0.05, 0.1) is 14.2 Å². The molecule has 2 aromatic carbocycles. The van der Waals surface area contributed by atoms with Gasteiger partial charge in [-0.15, -0.1) is 0 Å². The molecule has 100 valence electrons. The predicted octanol–water partition coefficient (Wildman–Crippen LogP) is 3.80. The van der Waals surface area contributed by atoms with Gasteiger partial charge in [-0.05, 0) is 54.7 Å². The lowest BCUT2D eigenvalue weighted by Crippen LogP contribution is -1.96. The highest BCUT2D eigenvalue weighted by molar-refractivity contribution is 5.39. The third kappa shape index (κ3) is 3.28. The summed E-state index contributed by atoms with van der Waals surface area (Å²) in [5.41, 5.74) is 3.90. The fourth-order valence-corrected chi connectivity index (χ4v) is 2.22. The maximum Gasteiger partial charge on any atom is 0.122 e. The van der Waals surface area contributed by atoms with E-state index in [0.29, 0.717) is 0 Å². The van der Waals surface area contributed by atoms with Gasteiger partial charge >= 0.3 is 0 Å². The third-order valence-corrected chi connectivity index (χ3v) is 3.46. The zero-order valence-electron chi connectivity index (χ0n) is 11.8. The average molecular weight is 256 g/mol. The molecule has 0 saturated carbocycles.